The molecule has 150 valence electrons. The number of rotatable bonds is 5. The lowest BCUT2D eigenvalue weighted by atomic mass is 9.96. The molecule has 1 fully saturated rings. The minimum atomic E-state index is -0.800. The third kappa shape index (κ3) is 4.11. The van der Waals surface area contributed by atoms with Gasteiger partial charge >= 0.3 is 5.97 Å². The van der Waals surface area contributed by atoms with Gasteiger partial charge in [-0.3, -0.25) is 14.0 Å². The van der Waals surface area contributed by atoms with Gasteiger partial charge in [0.2, 0.25) is 5.91 Å². The number of anilines is 1. The highest BCUT2D eigenvalue weighted by molar-refractivity contribution is 5.98. The second-order valence-electron chi connectivity index (χ2n) is 6.64. The lowest BCUT2D eigenvalue weighted by Crippen LogP contribution is -2.40. The number of aromatic nitrogens is 2. The molecule has 9 heteroatoms. The molecule has 0 atom stereocenters. The Bertz CT molecular complexity index is 1070. The first kappa shape index (κ1) is 20.1. The first-order valence-electron chi connectivity index (χ1n) is 9.30. The van der Waals surface area contributed by atoms with Crippen molar-refractivity contribution in [3.63, 3.8) is 0 Å². The van der Waals surface area contributed by atoms with Gasteiger partial charge in [0.25, 0.3) is 5.56 Å². The molecule has 2 N–H and O–H groups in total. The van der Waals surface area contributed by atoms with E-state index in [0.29, 0.717) is 37.4 Å². The summed E-state index contributed by atoms with van der Waals surface area (Å²) in [5, 5.41) is 9.37. The third-order valence-corrected chi connectivity index (χ3v) is 4.85. The van der Waals surface area contributed by atoms with E-state index >= 15 is 0 Å². The van der Waals surface area contributed by atoms with Crippen molar-refractivity contribution in [2.45, 2.75) is 19.8 Å². The quantitative estimate of drug-likeness (QED) is 0.451. The van der Waals surface area contributed by atoms with Crippen molar-refractivity contribution in [2.75, 3.05) is 24.6 Å². The van der Waals surface area contributed by atoms with E-state index in [-0.39, 0.29) is 29.6 Å². The number of carbonyl (C=O) groups is 2. The Balaban J connectivity index is 2.12. The number of fused-ring (bicyclic) bond motifs is 1. The van der Waals surface area contributed by atoms with Crippen molar-refractivity contribution in [3.05, 3.63) is 45.9 Å². The molecule has 3 heterocycles. The Morgan fingerprint density at radius 1 is 1.38 bits per heavy atom. The highest BCUT2D eigenvalue weighted by Crippen LogP contribution is 2.25. The summed E-state index contributed by atoms with van der Waals surface area (Å²) in [6, 6.07) is 6.95. The highest BCUT2D eigenvalue weighted by Gasteiger charge is 2.27. The summed E-state index contributed by atoms with van der Waals surface area (Å²) in [5.41, 5.74) is 5.28. The zero-order chi connectivity index (χ0) is 21.0. The molecule has 0 bridgehead atoms. The van der Waals surface area contributed by atoms with Gasteiger partial charge in [-0.25, -0.2) is 9.78 Å². The number of nitrogens with zero attached hydrogens (tertiary/aromatic N) is 4. The lowest BCUT2D eigenvalue weighted by Gasteiger charge is -2.32. The van der Waals surface area contributed by atoms with Gasteiger partial charge < -0.3 is 15.4 Å². The predicted molar refractivity (Wildman–Crippen MR) is 106 cm³/mol. The van der Waals surface area contributed by atoms with Crippen LogP contribution in [0.3, 0.4) is 0 Å². The van der Waals surface area contributed by atoms with Gasteiger partial charge in [0, 0.05) is 25.2 Å². The Hall–Kier alpha value is -3.67. The topological polar surface area (TPSA) is 131 Å². The molecular formula is C20H21N5O4. The molecule has 0 aromatic carbocycles. The smallest absolute Gasteiger partial charge is 0.348 e. The zero-order valence-electron chi connectivity index (χ0n) is 16.0. The minimum Gasteiger partial charge on any atom is -0.462 e. The molecular weight excluding hydrogens is 374 g/mol. The van der Waals surface area contributed by atoms with Gasteiger partial charge in [-0.2, -0.15) is 5.26 Å². The van der Waals surface area contributed by atoms with Crippen LogP contribution in [0.2, 0.25) is 0 Å². The van der Waals surface area contributed by atoms with Crippen LogP contribution in [0.15, 0.2) is 34.8 Å². The molecule has 2 aromatic heterocycles. The number of primary amides is 1. The first-order chi connectivity index (χ1) is 14.0. The van der Waals surface area contributed by atoms with Gasteiger partial charge in [-0.05, 0) is 38.0 Å². The summed E-state index contributed by atoms with van der Waals surface area (Å²) in [5.74, 6) is -1.00. The maximum absolute atomic E-state index is 13.1. The molecule has 3 rings (SSSR count). The van der Waals surface area contributed by atoms with Crippen molar-refractivity contribution in [1.29, 1.82) is 5.26 Å². The van der Waals surface area contributed by atoms with Crippen LogP contribution in [0, 0.1) is 17.2 Å². The largest absolute Gasteiger partial charge is 0.462 e. The van der Waals surface area contributed by atoms with Gasteiger partial charge in [-0.1, -0.05) is 6.07 Å². The monoisotopic (exact) mass is 395 g/mol. The van der Waals surface area contributed by atoms with Gasteiger partial charge in [0.05, 0.1) is 12.2 Å². The van der Waals surface area contributed by atoms with E-state index in [4.69, 9.17) is 10.5 Å². The number of pyridine rings is 1. The predicted octanol–water partition coefficient (Wildman–Crippen LogP) is 0.866. The first-order valence-corrected chi connectivity index (χ1v) is 9.30. The van der Waals surface area contributed by atoms with Crippen LogP contribution >= 0.6 is 0 Å². The van der Waals surface area contributed by atoms with Crippen molar-refractivity contribution < 1.29 is 14.3 Å². The van der Waals surface area contributed by atoms with Crippen molar-refractivity contribution >= 4 is 29.4 Å². The van der Waals surface area contributed by atoms with E-state index < -0.39 is 11.5 Å². The van der Waals surface area contributed by atoms with Crippen molar-refractivity contribution in [2.24, 2.45) is 11.7 Å². The van der Waals surface area contributed by atoms with Crippen LogP contribution in [0.5, 0.6) is 0 Å². The van der Waals surface area contributed by atoms with Gasteiger partial charge in [0.1, 0.15) is 23.1 Å². The van der Waals surface area contributed by atoms with Crippen LogP contribution in [0.1, 0.15) is 25.3 Å². The summed E-state index contributed by atoms with van der Waals surface area (Å²) < 4.78 is 6.25. The molecule has 29 heavy (non-hydrogen) atoms. The number of piperidine rings is 1. The summed E-state index contributed by atoms with van der Waals surface area (Å²) in [4.78, 5) is 43.1. The van der Waals surface area contributed by atoms with Crippen LogP contribution in [-0.4, -0.2) is 41.0 Å². The maximum atomic E-state index is 13.1. The van der Waals surface area contributed by atoms with Gasteiger partial charge in [-0.15, -0.1) is 0 Å². The second-order valence-corrected chi connectivity index (χ2v) is 6.64. The average Bonchev–Trinajstić information content (AvgIpc) is 2.73. The number of carbonyl (C=O) groups excluding carboxylic acids is 2. The summed E-state index contributed by atoms with van der Waals surface area (Å²) >= 11 is 0. The Labute approximate surface area is 167 Å². The number of nitriles is 1. The van der Waals surface area contributed by atoms with E-state index in [2.05, 4.69) is 4.98 Å². The number of ether oxygens (including phenoxy) is 1. The summed E-state index contributed by atoms with van der Waals surface area (Å²) in [7, 11) is 0. The average molecular weight is 395 g/mol. The fourth-order valence-corrected chi connectivity index (χ4v) is 3.32. The molecule has 9 nitrogen and oxygen atoms in total. The molecule has 2 aromatic rings. The van der Waals surface area contributed by atoms with Crippen molar-refractivity contribution in [3.8, 4) is 6.07 Å². The molecule has 1 amide bonds. The molecule has 1 aliphatic rings. The molecule has 0 saturated carbocycles. The Kier molecular flexibility index (Phi) is 5.93. The standard InChI is InChI=1S/C20H21N5O4/c1-2-29-20(28)14(12-21)11-15-18(24-9-6-13(7-10-24)17(22)26)23-16-5-3-4-8-25(16)19(15)27/h3-5,8,11,13H,2,6-7,9-10H2,1H3,(H2,22,26). The van der Waals surface area contributed by atoms with Crippen molar-refractivity contribution in [1.82, 2.24) is 9.38 Å². The Morgan fingerprint density at radius 3 is 2.72 bits per heavy atom. The fourth-order valence-electron chi connectivity index (χ4n) is 3.32. The molecule has 0 radical (unpaired) electrons. The lowest BCUT2D eigenvalue weighted by molar-refractivity contribution is -0.137. The molecule has 0 unspecified atom stereocenters. The highest BCUT2D eigenvalue weighted by atomic mass is 16.5. The molecule has 1 saturated heterocycles. The van der Waals surface area contributed by atoms with E-state index in [0.717, 1.165) is 0 Å². The Morgan fingerprint density at radius 2 is 2.10 bits per heavy atom. The zero-order valence-corrected chi connectivity index (χ0v) is 16.0. The van der Waals surface area contributed by atoms with Crippen LogP contribution < -0.4 is 16.2 Å². The number of hydrogen-bond acceptors (Lipinski definition) is 7. The SMILES string of the molecule is CCOC(=O)C(C#N)=Cc1c(N2CCC(C(N)=O)CC2)nc2ccccn2c1=O. The second kappa shape index (κ2) is 8.56. The number of hydrogen-bond donors (Lipinski definition) is 1. The van der Waals surface area contributed by atoms with E-state index in [1.165, 1.54) is 10.5 Å². The third-order valence-electron chi connectivity index (χ3n) is 4.85. The number of nitrogens with two attached hydrogens (primary N) is 1. The fraction of sp³-hybridized carbons (Fsp3) is 0.350. The minimum absolute atomic E-state index is 0.111. The summed E-state index contributed by atoms with van der Waals surface area (Å²) in [6.45, 7) is 2.70. The number of amides is 1. The normalized spacial score (nSPS) is 15.2. The van der Waals surface area contributed by atoms with Crippen LogP contribution in [0.25, 0.3) is 11.7 Å². The molecule has 1 aliphatic heterocycles. The van der Waals surface area contributed by atoms with E-state index in [1.54, 1.807) is 37.4 Å². The van der Waals surface area contributed by atoms with E-state index in [9.17, 15) is 19.6 Å². The molecule has 0 aliphatic carbocycles. The van der Waals surface area contributed by atoms with E-state index in [1.807, 2.05) is 4.90 Å². The van der Waals surface area contributed by atoms with Crippen LogP contribution in [-0.2, 0) is 14.3 Å². The maximum Gasteiger partial charge on any atom is 0.348 e. The molecule has 0 spiro atoms. The van der Waals surface area contributed by atoms with Gasteiger partial charge in [0.15, 0.2) is 0 Å². The number of esters is 1. The van der Waals surface area contributed by atoms with Crippen LogP contribution in [0.4, 0.5) is 5.82 Å². The summed E-state index contributed by atoms with van der Waals surface area (Å²) in [6.07, 6.45) is 3.87.